The minimum atomic E-state index is -0.0411. The van der Waals surface area contributed by atoms with Crippen LogP contribution in [0.5, 0.6) is 46.0 Å². The predicted molar refractivity (Wildman–Crippen MR) is 296 cm³/mol. The smallest absolute Gasteiger partial charge is 0.167 e. The number of anilines is 1. The molecule has 17 nitrogen and oxygen atoms in total. The Hall–Kier alpha value is -7.57. The van der Waals surface area contributed by atoms with E-state index < -0.39 is 0 Å². The van der Waals surface area contributed by atoms with Crippen LogP contribution in [-0.4, -0.2) is 118 Å². The lowest BCUT2D eigenvalue weighted by molar-refractivity contribution is -0.121. The third-order valence-corrected chi connectivity index (χ3v) is 10.2. The standard InChI is InChI=1S/C18H18O3.C12H17NO4.2C11H14O3.C8H14O3/c1-3-14-15-6-4-5-7-17(15)21-18-10-13(8-9-16(14)18)20-11-12(2)19;1-8(14)7-17-9-5-10(15-3)12(13-2)11(6-9)16-4;2*1-9(12)7-14-11-5-3-10(4-6-11)8-13-2;1-8(9)7-11-6-4-3-5-10-2/h4-10,14H,3,11H2,1-2H3;5-6,13H,7H2,1-4H3;2*3-6H,7-8H2,1-2H3;3-4H,5-7H2,1-2H3/b;;;;4-3-. The molecular formula is C60H77NO16. The number of hydrogen-bond acceptors (Lipinski definition) is 17. The summed E-state index contributed by atoms with van der Waals surface area (Å²) in [5.74, 6) is 5.93. The van der Waals surface area contributed by atoms with E-state index in [2.05, 4.69) is 18.3 Å². The van der Waals surface area contributed by atoms with Gasteiger partial charge in [-0.3, -0.25) is 24.0 Å². The largest absolute Gasteiger partial charge is 0.494 e. The Morgan fingerprint density at radius 3 is 1.35 bits per heavy atom. The lowest BCUT2D eigenvalue weighted by atomic mass is 9.86. The third-order valence-electron chi connectivity index (χ3n) is 10.2. The molecule has 1 N–H and O–H groups in total. The Morgan fingerprint density at radius 1 is 0.494 bits per heavy atom. The summed E-state index contributed by atoms with van der Waals surface area (Å²) in [5.41, 5.74) is 5.31. The Labute approximate surface area is 454 Å². The van der Waals surface area contributed by atoms with Gasteiger partial charge in [-0.25, -0.2) is 0 Å². The lowest BCUT2D eigenvalue weighted by Crippen LogP contribution is -2.10. The van der Waals surface area contributed by atoms with Crippen molar-refractivity contribution in [2.24, 2.45) is 0 Å². The quantitative estimate of drug-likeness (QED) is 0.0405. The second-order valence-corrected chi connectivity index (χ2v) is 17.0. The van der Waals surface area contributed by atoms with Crippen LogP contribution in [0.15, 0.2) is 115 Å². The zero-order valence-electron chi connectivity index (χ0n) is 46.7. The average Bonchev–Trinajstić information content (AvgIpc) is 3.42. The summed E-state index contributed by atoms with van der Waals surface area (Å²) < 4.78 is 57.3. The lowest BCUT2D eigenvalue weighted by Gasteiger charge is -2.27. The normalized spacial score (nSPS) is 11.5. The number of para-hydroxylation sites is 1. The molecule has 418 valence electrons. The number of rotatable bonds is 26. The van der Waals surface area contributed by atoms with E-state index in [1.807, 2.05) is 97.1 Å². The molecule has 5 aromatic rings. The van der Waals surface area contributed by atoms with E-state index in [1.54, 1.807) is 54.7 Å². The summed E-state index contributed by atoms with van der Waals surface area (Å²) in [5, 5.41) is 2.99. The molecule has 1 unspecified atom stereocenters. The van der Waals surface area contributed by atoms with Crippen molar-refractivity contribution in [1.29, 1.82) is 0 Å². The summed E-state index contributed by atoms with van der Waals surface area (Å²) in [6, 6.07) is 32.3. The first-order valence-electron chi connectivity index (χ1n) is 24.7. The number of fused-ring (bicyclic) bond motifs is 2. The maximum absolute atomic E-state index is 11.0. The van der Waals surface area contributed by atoms with Gasteiger partial charge in [0.25, 0.3) is 0 Å². The summed E-state index contributed by atoms with van der Waals surface area (Å²) in [4.78, 5) is 53.5. The van der Waals surface area contributed by atoms with Gasteiger partial charge in [0.2, 0.25) is 0 Å². The van der Waals surface area contributed by atoms with Gasteiger partial charge in [0, 0.05) is 63.6 Å². The van der Waals surface area contributed by atoms with Gasteiger partial charge in [-0.1, -0.05) is 67.6 Å². The highest BCUT2D eigenvalue weighted by atomic mass is 16.5. The number of Topliss-reactive ketones (excluding diaryl/α,β-unsaturated/α-hetero) is 5. The van der Waals surface area contributed by atoms with Crippen LogP contribution in [-0.2, 0) is 56.1 Å². The zero-order valence-corrected chi connectivity index (χ0v) is 46.7. The molecule has 0 radical (unpaired) electrons. The maximum atomic E-state index is 11.0. The molecule has 6 rings (SSSR count). The van der Waals surface area contributed by atoms with E-state index in [0.717, 1.165) is 34.7 Å². The van der Waals surface area contributed by atoms with Crippen LogP contribution in [0.4, 0.5) is 5.69 Å². The van der Waals surface area contributed by atoms with Gasteiger partial charge in [0.05, 0.1) is 40.6 Å². The molecule has 0 aliphatic carbocycles. The van der Waals surface area contributed by atoms with Crippen molar-refractivity contribution >= 4 is 34.6 Å². The van der Waals surface area contributed by atoms with Gasteiger partial charge < -0.3 is 57.4 Å². The van der Waals surface area contributed by atoms with Crippen molar-refractivity contribution in [2.45, 2.75) is 67.1 Å². The molecule has 0 saturated carbocycles. The number of benzene rings is 5. The molecule has 0 bridgehead atoms. The zero-order chi connectivity index (χ0) is 57.0. The first-order valence-corrected chi connectivity index (χ1v) is 24.7. The molecule has 1 heterocycles. The molecule has 5 aromatic carbocycles. The first-order chi connectivity index (χ1) is 37.0. The van der Waals surface area contributed by atoms with Crippen LogP contribution in [0.25, 0.3) is 0 Å². The van der Waals surface area contributed by atoms with Crippen molar-refractivity contribution in [3.05, 3.63) is 138 Å². The molecule has 0 spiro atoms. The second kappa shape index (κ2) is 38.0. The molecule has 0 saturated heterocycles. The van der Waals surface area contributed by atoms with E-state index in [0.29, 0.717) is 66.8 Å². The number of carbonyl (C=O) groups excluding carboxylic acids is 5. The summed E-state index contributed by atoms with van der Waals surface area (Å²) in [6.07, 6.45) is 4.69. The van der Waals surface area contributed by atoms with Crippen LogP contribution in [0.1, 0.15) is 76.1 Å². The van der Waals surface area contributed by atoms with Crippen LogP contribution < -0.4 is 38.5 Å². The summed E-state index contributed by atoms with van der Waals surface area (Å²) >= 11 is 0. The fraction of sp³-hybridized carbons (Fsp3) is 0.383. The Kier molecular flexibility index (Phi) is 32.4. The van der Waals surface area contributed by atoms with Crippen LogP contribution in [0, 0.1) is 0 Å². The van der Waals surface area contributed by atoms with E-state index >= 15 is 0 Å². The average molecular weight is 1070 g/mol. The monoisotopic (exact) mass is 1070 g/mol. The minimum Gasteiger partial charge on any atom is -0.494 e. The number of hydrogen-bond donors (Lipinski definition) is 1. The highest BCUT2D eigenvalue weighted by Crippen LogP contribution is 2.46. The van der Waals surface area contributed by atoms with Crippen molar-refractivity contribution in [1.82, 2.24) is 0 Å². The fourth-order valence-electron chi connectivity index (χ4n) is 6.73. The van der Waals surface area contributed by atoms with E-state index in [1.165, 1.54) is 45.7 Å². The van der Waals surface area contributed by atoms with Crippen LogP contribution in [0.2, 0.25) is 0 Å². The molecule has 1 atom stereocenters. The number of ether oxygens (including phenoxy) is 11. The van der Waals surface area contributed by atoms with Crippen molar-refractivity contribution in [2.75, 3.05) is 94.2 Å². The molecule has 17 heteroatoms. The van der Waals surface area contributed by atoms with Gasteiger partial charge >= 0.3 is 0 Å². The van der Waals surface area contributed by atoms with Gasteiger partial charge in [-0.05, 0) is 88.6 Å². The van der Waals surface area contributed by atoms with Gasteiger partial charge in [0.1, 0.15) is 84.7 Å². The van der Waals surface area contributed by atoms with Crippen LogP contribution >= 0.6 is 0 Å². The minimum absolute atomic E-state index is 0.00502. The van der Waals surface area contributed by atoms with Gasteiger partial charge in [0.15, 0.2) is 28.9 Å². The number of nitrogens with one attached hydrogen (secondary N) is 1. The van der Waals surface area contributed by atoms with Gasteiger partial charge in [-0.15, -0.1) is 0 Å². The highest BCUT2D eigenvalue weighted by Gasteiger charge is 2.26. The third kappa shape index (κ3) is 26.7. The molecule has 0 amide bonds. The molecule has 0 aromatic heterocycles. The van der Waals surface area contributed by atoms with E-state index in [9.17, 15) is 24.0 Å². The molecule has 0 fully saturated rings. The predicted octanol–water partition coefficient (Wildman–Crippen LogP) is 10.4. The molecular weight excluding hydrogens is 991 g/mol. The second-order valence-electron chi connectivity index (χ2n) is 17.0. The van der Waals surface area contributed by atoms with E-state index in [4.69, 9.17) is 52.1 Å². The van der Waals surface area contributed by atoms with Crippen molar-refractivity contribution < 1.29 is 76.1 Å². The SMILES string of the molecule is CCC1c2ccccc2Oc2cc(OCC(C)=O)ccc21.CNc1c(OC)cc(OCC(C)=O)cc1OC.COC/C=C\COCC(C)=O.COCc1ccc(OCC(C)=O)cc1.COCc1ccc(OCC(C)=O)cc1. The Bertz CT molecular complexity index is 2490. The number of ketones is 5. The van der Waals surface area contributed by atoms with Crippen LogP contribution in [0.3, 0.4) is 0 Å². The van der Waals surface area contributed by atoms with E-state index in [-0.39, 0.29) is 62.0 Å². The molecule has 1 aliphatic rings. The Morgan fingerprint density at radius 2 is 0.922 bits per heavy atom. The number of methoxy groups -OCH3 is 5. The Balaban J connectivity index is 0.000000335. The van der Waals surface area contributed by atoms with Crippen molar-refractivity contribution in [3.63, 3.8) is 0 Å². The number of carbonyl (C=O) groups is 5. The highest BCUT2D eigenvalue weighted by molar-refractivity contribution is 5.78. The first kappa shape index (κ1) is 65.5. The topological polar surface area (TPSA) is 199 Å². The molecule has 1 aliphatic heterocycles. The maximum Gasteiger partial charge on any atom is 0.167 e. The van der Waals surface area contributed by atoms with Crippen molar-refractivity contribution in [3.8, 4) is 46.0 Å². The summed E-state index contributed by atoms with van der Waals surface area (Å²) in [7, 11) is 9.83. The fourth-order valence-corrected chi connectivity index (χ4v) is 6.73. The van der Waals surface area contributed by atoms with Gasteiger partial charge in [-0.2, -0.15) is 0 Å². The summed E-state index contributed by atoms with van der Waals surface area (Å²) in [6.45, 7) is 12.5. The molecule has 77 heavy (non-hydrogen) atoms.